The molecule has 0 aliphatic rings. The van der Waals surface area contributed by atoms with Crippen molar-refractivity contribution in [3.8, 4) is 0 Å². The van der Waals surface area contributed by atoms with Gasteiger partial charge in [0.2, 0.25) is 0 Å². The van der Waals surface area contributed by atoms with Crippen molar-refractivity contribution in [1.29, 1.82) is 0 Å². The van der Waals surface area contributed by atoms with Crippen molar-refractivity contribution >= 4 is 19.8 Å². The smallest absolute Gasteiger partial charge is 0.462 e. The van der Waals surface area contributed by atoms with Gasteiger partial charge in [0.1, 0.15) is 6.61 Å². The highest BCUT2D eigenvalue weighted by Gasteiger charge is 2.25. The van der Waals surface area contributed by atoms with E-state index in [1.165, 1.54) is 70.6 Å². The molecule has 2 atom stereocenters. The Morgan fingerprint density at radius 2 is 1.14 bits per heavy atom. The van der Waals surface area contributed by atoms with E-state index in [4.69, 9.17) is 24.3 Å². The lowest BCUT2D eigenvalue weighted by Crippen LogP contribution is -2.29. The molecule has 0 radical (unpaired) electrons. The summed E-state index contributed by atoms with van der Waals surface area (Å²) in [5, 5.41) is 0. The minimum Gasteiger partial charge on any atom is -0.462 e. The number of allylic oxidation sites excluding steroid dienone is 2. The van der Waals surface area contributed by atoms with E-state index in [0.717, 1.165) is 51.4 Å². The number of carbonyl (C=O) groups is 2. The van der Waals surface area contributed by atoms with Crippen LogP contribution < -0.4 is 5.73 Å². The van der Waals surface area contributed by atoms with Crippen molar-refractivity contribution in [2.24, 2.45) is 5.73 Å². The molecule has 0 saturated carbocycles. The van der Waals surface area contributed by atoms with Crippen LogP contribution in [0.5, 0.6) is 0 Å². The molecule has 43 heavy (non-hydrogen) atoms. The van der Waals surface area contributed by atoms with Crippen LogP contribution in [0.25, 0.3) is 0 Å². The van der Waals surface area contributed by atoms with Gasteiger partial charge in [-0.05, 0) is 38.5 Å². The molecule has 254 valence electrons. The number of hydrogen-bond donors (Lipinski definition) is 2. The fraction of sp³-hybridized carbons (Fsp3) is 0.879. The number of phosphoric acid groups is 1. The zero-order valence-corrected chi connectivity index (χ0v) is 28.3. The number of hydrogen-bond acceptors (Lipinski definition) is 8. The van der Waals surface area contributed by atoms with Crippen molar-refractivity contribution in [2.45, 2.75) is 161 Å². The SMILES string of the molecule is CCCCCC/C=C\CCCCCCCC(=O)OC(COC(=O)CCCCCCCCCCC)COP(=O)(O)OCCN. The maximum atomic E-state index is 12.4. The summed E-state index contributed by atoms with van der Waals surface area (Å²) in [5.41, 5.74) is 5.31. The number of unbranched alkanes of at least 4 members (excludes halogenated alkanes) is 17. The van der Waals surface area contributed by atoms with E-state index >= 15 is 0 Å². The molecule has 2 unspecified atom stereocenters. The van der Waals surface area contributed by atoms with Gasteiger partial charge in [0.05, 0.1) is 13.2 Å². The maximum Gasteiger partial charge on any atom is 0.472 e. The summed E-state index contributed by atoms with van der Waals surface area (Å²) in [6.45, 7) is 3.66. The molecular formula is C33H64NO8P. The highest BCUT2D eigenvalue weighted by molar-refractivity contribution is 7.47. The first-order valence-electron chi connectivity index (χ1n) is 17.2. The van der Waals surface area contributed by atoms with Gasteiger partial charge in [0.15, 0.2) is 6.10 Å². The van der Waals surface area contributed by atoms with Gasteiger partial charge in [-0.15, -0.1) is 0 Å². The number of carbonyl (C=O) groups excluding carboxylic acids is 2. The van der Waals surface area contributed by atoms with Crippen LogP contribution in [0.1, 0.15) is 155 Å². The van der Waals surface area contributed by atoms with E-state index in [2.05, 4.69) is 26.0 Å². The molecule has 0 aliphatic carbocycles. The van der Waals surface area contributed by atoms with Crippen LogP contribution in [0.2, 0.25) is 0 Å². The van der Waals surface area contributed by atoms with Crippen molar-refractivity contribution in [2.75, 3.05) is 26.4 Å². The van der Waals surface area contributed by atoms with Gasteiger partial charge in [-0.3, -0.25) is 18.6 Å². The van der Waals surface area contributed by atoms with Crippen LogP contribution in [0, 0.1) is 0 Å². The normalized spacial score (nSPS) is 13.7. The fourth-order valence-corrected chi connectivity index (χ4v) is 5.33. The van der Waals surface area contributed by atoms with Crippen molar-refractivity contribution in [3.63, 3.8) is 0 Å². The van der Waals surface area contributed by atoms with E-state index in [-0.39, 0.29) is 38.6 Å². The van der Waals surface area contributed by atoms with Crippen LogP contribution >= 0.6 is 7.82 Å². The highest BCUT2D eigenvalue weighted by Crippen LogP contribution is 2.43. The van der Waals surface area contributed by atoms with Crippen molar-refractivity contribution < 1.29 is 37.6 Å². The molecule has 0 aromatic heterocycles. The summed E-state index contributed by atoms with van der Waals surface area (Å²) >= 11 is 0. The van der Waals surface area contributed by atoms with E-state index < -0.39 is 26.5 Å². The van der Waals surface area contributed by atoms with Gasteiger partial charge in [-0.25, -0.2) is 4.57 Å². The molecule has 0 saturated heterocycles. The summed E-state index contributed by atoms with van der Waals surface area (Å²) in [5.74, 6) is -0.841. The zero-order valence-electron chi connectivity index (χ0n) is 27.4. The van der Waals surface area contributed by atoms with Gasteiger partial charge < -0.3 is 20.1 Å². The number of nitrogens with two attached hydrogens (primary N) is 1. The van der Waals surface area contributed by atoms with Gasteiger partial charge >= 0.3 is 19.8 Å². The molecule has 3 N–H and O–H groups in total. The first-order valence-corrected chi connectivity index (χ1v) is 18.7. The molecule has 0 heterocycles. The Kier molecular flexibility index (Phi) is 29.9. The summed E-state index contributed by atoms with van der Waals surface area (Å²) in [6, 6.07) is 0. The average Bonchev–Trinajstić information content (AvgIpc) is 2.99. The van der Waals surface area contributed by atoms with Crippen molar-refractivity contribution in [1.82, 2.24) is 0 Å². The minimum absolute atomic E-state index is 0.0542. The number of esters is 2. The van der Waals surface area contributed by atoms with Crippen LogP contribution in [0.15, 0.2) is 12.2 Å². The maximum absolute atomic E-state index is 12.4. The van der Waals surface area contributed by atoms with Gasteiger partial charge in [0.25, 0.3) is 0 Å². The molecule has 0 spiro atoms. The predicted molar refractivity (Wildman–Crippen MR) is 174 cm³/mol. The largest absolute Gasteiger partial charge is 0.472 e. The van der Waals surface area contributed by atoms with Gasteiger partial charge in [0, 0.05) is 19.4 Å². The number of rotatable bonds is 32. The fourth-order valence-electron chi connectivity index (χ4n) is 4.57. The molecule has 0 bridgehead atoms. The monoisotopic (exact) mass is 633 g/mol. The third-order valence-corrected chi connectivity index (χ3v) is 8.14. The summed E-state index contributed by atoms with van der Waals surface area (Å²) < 4.78 is 32.5. The standard InChI is InChI=1S/C33H64NO8P/c1-3-5-7-9-11-13-14-15-16-18-20-22-24-26-33(36)42-31(30-41-43(37,38)40-28-27-34)29-39-32(35)25-23-21-19-17-12-10-8-6-4-2/h13-14,31H,3-12,15-30,34H2,1-2H3,(H,37,38)/b14-13-. The van der Waals surface area contributed by atoms with E-state index in [0.29, 0.717) is 6.42 Å². The first-order chi connectivity index (χ1) is 20.8. The van der Waals surface area contributed by atoms with E-state index in [1.807, 2.05) is 0 Å². The predicted octanol–water partition coefficient (Wildman–Crippen LogP) is 8.71. The minimum atomic E-state index is -4.36. The quantitative estimate of drug-likeness (QED) is 0.0323. The molecule has 10 heteroatoms. The van der Waals surface area contributed by atoms with Gasteiger partial charge in [-0.1, -0.05) is 116 Å². The Hall–Kier alpha value is -1.25. The Labute approximate surface area is 262 Å². The van der Waals surface area contributed by atoms with E-state index in [1.54, 1.807) is 0 Å². The Bertz CT molecular complexity index is 734. The molecule has 9 nitrogen and oxygen atoms in total. The van der Waals surface area contributed by atoms with Gasteiger partial charge in [-0.2, -0.15) is 0 Å². The summed E-state index contributed by atoms with van der Waals surface area (Å²) in [7, 11) is -4.36. The lowest BCUT2D eigenvalue weighted by atomic mass is 10.1. The Balaban J connectivity index is 4.29. The topological polar surface area (TPSA) is 134 Å². The summed E-state index contributed by atoms with van der Waals surface area (Å²) in [6.07, 6.45) is 26.7. The Morgan fingerprint density at radius 1 is 0.674 bits per heavy atom. The summed E-state index contributed by atoms with van der Waals surface area (Å²) in [4.78, 5) is 34.5. The van der Waals surface area contributed by atoms with E-state index in [9.17, 15) is 19.0 Å². The molecule has 0 aliphatic heterocycles. The zero-order chi connectivity index (χ0) is 31.9. The van der Waals surface area contributed by atoms with Crippen LogP contribution in [0.3, 0.4) is 0 Å². The molecular weight excluding hydrogens is 569 g/mol. The molecule has 0 fully saturated rings. The second kappa shape index (κ2) is 30.8. The number of ether oxygens (including phenoxy) is 2. The van der Waals surface area contributed by atoms with Crippen LogP contribution in [-0.2, 0) is 32.7 Å². The highest BCUT2D eigenvalue weighted by atomic mass is 31.2. The molecule has 0 aromatic carbocycles. The lowest BCUT2D eigenvalue weighted by molar-refractivity contribution is -0.161. The number of phosphoric ester groups is 1. The third kappa shape index (κ3) is 30.6. The molecule has 0 rings (SSSR count). The van der Waals surface area contributed by atoms with Crippen LogP contribution in [-0.4, -0.2) is 49.3 Å². The average molecular weight is 634 g/mol. The molecule has 0 aromatic rings. The first kappa shape index (κ1) is 41.8. The lowest BCUT2D eigenvalue weighted by Gasteiger charge is -2.19. The molecule has 0 amide bonds. The van der Waals surface area contributed by atoms with Crippen LogP contribution in [0.4, 0.5) is 0 Å². The second-order valence-corrected chi connectivity index (χ2v) is 12.8. The van der Waals surface area contributed by atoms with Crippen molar-refractivity contribution in [3.05, 3.63) is 12.2 Å². The second-order valence-electron chi connectivity index (χ2n) is 11.4. The Morgan fingerprint density at radius 3 is 1.67 bits per heavy atom. The third-order valence-electron chi connectivity index (χ3n) is 7.15.